The van der Waals surface area contributed by atoms with Crippen molar-refractivity contribution in [3.8, 4) is 0 Å². The number of carbonyl (C=O) groups is 1. The minimum Gasteiger partial charge on any atom is -0.478 e. The molecular weight excluding hydrogens is 242 g/mol. The van der Waals surface area contributed by atoms with E-state index >= 15 is 0 Å². The van der Waals surface area contributed by atoms with Crippen LogP contribution in [0.4, 0.5) is 5.69 Å². The molecule has 1 fully saturated rings. The normalized spacial score (nSPS) is 14.3. The quantitative estimate of drug-likeness (QED) is 0.863. The molecule has 3 rings (SSSR count). The molecule has 1 heterocycles. The van der Waals surface area contributed by atoms with Gasteiger partial charge in [-0.15, -0.1) is 0 Å². The van der Waals surface area contributed by atoms with Crippen molar-refractivity contribution in [3.05, 3.63) is 48.0 Å². The van der Waals surface area contributed by atoms with Gasteiger partial charge in [0.05, 0.1) is 24.1 Å². The molecule has 0 aliphatic heterocycles. The molecule has 0 atom stereocenters. The van der Waals surface area contributed by atoms with Crippen LogP contribution in [-0.4, -0.2) is 20.6 Å². The molecule has 5 nitrogen and oxygen atoms in total. The van der Waals surface area contributed by atoms with Crippen molar-refractivity contribution in [2.45, 2.75) is 25.4 Å². The molecule has 0 amide bonds. The maximum Gasteiger partial charge on any atom is 0.335 e. The fourth-order valence-corrected chi connectivity index (χ4v) is 2.11. The van der Waals surface area contributed by atoms with E-state index < -0.39 is 5.97 Å². The first-order chi connectivity index (χ1) is 9.24. The van der Waals surface area contributed by atoms with E-state index in [0.29, 0.717) is 18.2 Å². The lowest BCUT2D eigenvalue weighted by Gasteiger charge is -2.09. The number of nitrogens with zero attached hydrogens (tertiary/aromatic N) is 2. The highest BCUT2D eigenvalue weighted by atomic mass is 16.4. The Hall–Kier alpha value is -2.30. The molecule has 0 bridgehead atoms. The van der Waals surface area contributed by atoms with E-state index in [9.17, 15) is 4.79 Å². The van der Waals surface area contributed by atoms with Gasteiger partial charge in [-0.1, -0.05) is 6.07 Å². The van der Waals surface area contributed by atoms with Crippen LogP contribution in [0.2, 0.25) is 0 Å². The van der Waals surface area contributed by atoms with Crippen LogP contribution >= 0.6 is 0 Å². The second kappa shape index (κ2) is 4.76. The third-order valence-electron chi connectivity index (χ3n) is 3.27. The molecule has 1 aromatic carbocycles. The standard InChI is InChI=1S/C14H15N3O2/c18-14(19)10-2-1-3-11(6-10)16-8-13-7-15-9-17(13)12-4-5-12/h1-3,6-7,9,12,16H,4-5,8H2,(H,18,19). The van der Waals surface area contributed by atoms with Crippen LogP contribution in [0.1, 0.15) is 34.9 Å². The Morgan fingerprint density at radius 2 is 2.32 bits per heavy atom. The monoisotopic (exact) mass is 257 g/mol. The molecule has 1 aliphatic rings. The Bertz CT molecular complexity index is 602. The summed E-state index contributed by atoms with van der Waals surface area (Å²) in [4.78, 5) is 15.1. The lowest BCUT2D eigenvalue weighted by molar-refractivity contribution is 0.0697. The van der Waals surface area contributed by atoms with Gasteiger partial charge in [-0.05, 0) is 31.0 Å². The number of hydrogen-bond acceptors (Lipinski definition) is 3. The summed E-state index contributed by atoms with van der Waals surface area (Å²) in [7, 11) is 0. The molecule has 2 aromatic rings. The zero-order valence-electron chi connectivity index (χ0n) is 10.4. The summed E-state index contributed by atoms with van der Waals surface area (Å²) in [6.45, 7) is 0.652. The van der Waals surface area contributed by atoms with Crippen molar-refractivity contribution in [1.29, 1.82) is 0 Å². The number of aromatic nitrogens is 2. The molecule has 19 heavy (non-hydrogen) atoms. The van der Waals surface area contributed by atoms with Crippen molar-refractivity contribution in [2.24, 2.45) is 0 Å². The van der Waals surface area contributed by atoms with Gasteiger partial charge >= 0.3 is 5.97 Å². The summed E-state index contributed by atoms with van der Waals surface area (Å²) in [6, 6.07) is 7.43. The van der Waals surface area contributed by atoms with Crippen molar-refractivity contribution in [1.82, 2.24) is 9.55 Å². The van der Waals surface area contributed by atoms with Crippen molar-refractivity contribution < 1.29 is 9.90 Å². The van der Waals surface area contributed by atoms with Gasteiger partial charge in [0.15, 0.2) is 0 Å². The smallest absolute Gasteiger partial charge is 0.335 e. The molecular formula is C14H15N3O2. The average Bonchev–Trinajstić information content (AvgIpc) is 3.16. The third kappa shape index (κ3) is 2.59. The van der Waals surface area contributed by atoms with Crippen LogP contribution in [-0.2, 0) is 6.54 Å². The minimum absolute atomic E-state index is 0.292. The van der Waals surface area contributed by atoms with Crippen LogP contribution in [0.5, 0.6) is 0 Å². The number of anilines is 1. The van der Waals surface area contributed by atoms with Crippen LogP contribution < -0.4 is 5.32 Å². The first-order valence-electron chi connectivity index (χ1n) is 6.32. The number of carboxylic acids is 1. The Labute approximate surface area is 110 Å². The van der Waals surface area contributed by atoms with E-state index in [1.807, 2.05) is 18.6 Å². The Morgan fingerprint density at radius 1 is 1.47 bits per heavy atom. The van der Waals surface area contributed by atoms with Crippen LogP contribution in [0.3, 0.4) is 0 Å². The summed E-state index contributed by atoms with van der Waals surface area (Å²) in [5, 5.41) is 12.2. The molecule has 1 aliphatic carbocycles. The second-order valence-electron chi connectivity index (χ2n) is 4.76. The predicted octanol–water partition coefficient (Wildman–Crippen LogP) is 2.53. The molecule has 1 aromatic heterocycles. The lowest BCUT2D eigenvalue weighted by Crippen LogP contribution is -2.06. The Balaban J connectivity index is 1.70. The maximum absolute atomic E-state index is 10.9. The molecule has 5 heteroatoms. The molecule has 2 N–H and O–H groups in total. The fraction of sp³-hybridized carbons (Fsp3) is 0.286. The molecule has 0 unspecified atom stereocenters. The molecule has 1 saturated carbocycles. The summed E-state index contributed by atoms with van der Waals surface area (Å²) in [5.41, 5.74) is 2.23. The third-order valence-corrected chi connectivity index (χ3v) is 3.27. The number of benzene rings is 1. The van der Waals surface area contributed by atoms with Crippen LogP contribution in [0.15, 0.2) is 36.8 Å². The van der Waals surface area contributed by atoms with Gasteiger partial charge in [-0.25, -0.2) is 9.78 Å². The van der Waals surface area contributed by atoms with E-state index in [1.54, 1.807) is 18.2 Å². The lowest BCUT2D eigenvalue weighted by atomic mass is 10.2. The zero-order valence-corrected chi connectivity index (χ0v) is 10.4. The first-order valence-corrected chi connectivity index (χ1v) is 6.32. The Morgan fingerprint density at radius 3 is 3.05 bits per heavy atom. The van der Waals surface area contributed by atoms with E-state index in [2.05, 4.69) is 14.9 Å². The summed E-state index contributed by atoms with van der Waals surface area (Å²) in [6.07, 6.45) is 6.16. The number of hydrogen-bond donors (Lipinski definition) is 2. The van der Waals surface area contributed by atoms with E-state index in [-0.39, 0.29) is 0 Å². The van der Waals surface area contributed by atoms with Gasteiger partial charge in [-0.3, -0.25) is 0 Å². The minimum atomic E-state index is -0.910. The second-order valence-corrected chi connectivity index (χ2v) is 4.76. The van der Waals surface area contributed by atoms with Gasteiger partial charge in [0.25, 0.3) is 0 Å². The topological polar surface area (TPSA) is 67.2 Å². The van der Waals surface area contributed by atoms with E-state index in [4.69, 9.17) is 5.11 Å². The fourth-order valence-electron chi connectivity index (χ4n) is 2.11. The SMILES string of the molecule is O=C(O)c1cccc(NCc2cncn2C2CC2)c1. The number of aromatic carboxylic acids is 1. The number of rotatable bonds is 5. The van der Waals surface area contributed by atoms with Gasteiger partial charge in [-0.2, -0.15) is 0 Å². The molecule has 0 saturated heterocycles. The van der Waals surface area contributed by atoms with E-state index in [1.165, 1.54) is 12.8 Å². The average molecular weight is 257 g/mol. The van der Waals surface area contributed by atoms with Crippen LogP contribution in [0, 0.1) is 0 Å². The number of nitrogens with one attached hydrogen (secondary N) is 1. The van der Waals surface area contributed by atoms with Crippen molar-refractivity contribution >= 4 is 11.7 Å². The van der Waals surface area contributed by atoms with Crippen LogP contribution in [0.25, 0.3) is 0 Å². The maximum atomic E-state index is 10.9. The highest BCUT2D eigenvalue weighted by Gasteiger charge is 2.24. The largest absolute Gasteiger partial charge is 0.478 e. The highest BCUT2D eigenvalue weighted by Crippen LogP contribution is 2.35. The van der Waals surface area contributed by atoms with Gasteiger partial charge in [0.1, 0.15) is 0 Å². The van der Waals surface area contributed by atoms with Gasteiger partial charge in [0, 0.05) is 17.9 Å². The van der Waals surface area contributed by atoms with Gasteiger partial charge < -0.3 is 15.0 Å². The highest BCUT2D eigenvalue weighted by molar-refractivity contribution is 5.88. The molecule has 0 radical (unpaired) electrons. The van der Waals surface area contributed by atoms with Crippen molar-refractivity contribution in [2.75, 3.05) is 5.32 Å². The molecule has 98 valence electrons. The Kier molecular flexibility index (Phi) is 2.95. The van der Waals surface area contributed by atoms with Gasteiger partial charge in [0.2, 0.25) is 0 Å². The van der Waals surface area contributed by atoms with Crippen molar-refractivity contribution in [3.63, 3.8) is 0 Å². The summed E-state index contributed by atoms with van der Waals surface area (Å²) < 4.78 is 2.19. The molecule has 0 spiro atoms. The van der Waals surface area contributed by atoms with E-state index in [0.717, 1.165) is 11.4 Å². The predicted molar refractivity (Wildman–Crippen MR) is 71.2 cm³/mol. The first kappa shape index (κ1) is 11.8. The number of carboxylic acid groups (broad SMARTS) is 1. The zero-order chi connectivity index (χ0) is 13.2. The summed E-state index contributed by atoms with van der Waals surface area (Å²) in [5.74, 6) is -0.910. The summed E-state index contributed by atoms with van der Waals surface area (Å²) >= 11 is 0. The number of imidazole rings is 1.